The maximum absolute atomic E-state index is 12.7. The number of rotatable bonds is 5. The Balaban J connectivity index is 1.34. The average Bonchev–Trinajstić information content (AvgIpc) is 3.52. The molecule has 0 radical (unpaired) electrons. The standard InChI is InChI=1S/C18H21N5O3/c24-16-7-14(21-11-22-16)3-4-15-10-23(5-6-26-15)18(25)13-8-19-17(20-9-13)12-1-2-12/h7-9,11-12,15H,1-6,10H2,(H,21,22,24)/t15-/m0/s1. The molecule has 0 spiro atoms. The monoisotopic (exact) mass is 355 g/mol. The second kappa shape index (κ2) is 7.33. The van der Waals surface area contributed by atoms with E-state index in [2.05, 4.69) is 19.9 Å². The van der Waals surface area contributed by atoms with Gasteiger partial charge in [-0.05, 0) is 25.7 Å². The molecule has 8 heteroatoms. The number of nitrogens with one attached hydrogen (secondary N) is 1. The van der Waals surface area contributed by atoms with E-state index in [1.54, 1.807) is 17.3 Å². The van der Waals surface area contributed by atoms with Crippen LogP contribution in [0.3, 0.4) is 0 Å². The molecule has 1 aliphatic carbocycles. The van der Waals surface area contributed by atoms with Crippen molar-refractivity contribution in [1.29, 1.82) is 0 Å². The summed E-state index contributed by atoms with van der Waals surface area (Å²) in [6.07, 6.45) is 8.22. The summed E-state index contributed by atoms with van der Waals surface area (Å²) in [5.74, 6) is 1.26. The summed E-state index contributed by atoms with van der Waals surface area (Å²) in [4.78, 5) is 41.1. The van der Waals surface area contributed by atoms with E-state index >= 15 is 0 Å². The third-order valence-electron chi connectivity index (χ3n) is 4.74. The average molecular weight is 355 g/mol. The molecule has 26 heavy (non-hydrogen) atoms. The number of carbonyl (C=O) groups is 1. The molecule has 1 saturated carbocycles. The molecule has 0 aromatic carbocycles. The van der Waals surface area contributed by atoms with Crippen LogP contribution in [0.25, 0.3) is 0 Å². The Morgan fingerprint density at radius 1 is 1.27 bits per heavy atom. The minimum Gasteiger partial charge on any atom is -0.375 e. The van der Waals surface area contributed by atoms with Gasteiger partial charge in [-0.3, -0.25) is 9.59 Å². The fraction of sp³-hybridized carbons (Fsp3) is 0.500. The van der Waals surface area contributed by atoms with Crippen LogP contribution in [0.1, 0.15) is 47.1 Å². The smallest absolute Gasteiger partial charge is 0.257 e. The van der Waals surface area contributed by atoms with Crippen molar-refractivity contribution in [1.82, 2.24) is 24.8 Å². The van der Waals surface area contributed by atoms with Gasteiger partial charge in [0.15, 0.2) is 0 Å². The second-order valence-electron chi connectivity index (χ2n) is 6.79. The Labute approximate surface area is 150 Å². The number of aryl methyl sites for hydroxylation is 1. The van der Waals surface area contributed by atoms with Gasteiger partial charge in [0, 0.05) is 43.2 Å². The molecule has 2 aromatic rings. The number of ether oxygens (including phenoxy) is 1. The summed E-state index contributed by atoms with van der Waals surface area (Å²) in [6, 6.07) is 1.49. The topological polar surface area (TPSA) is 101 Å². The van der Waals surface area contributed by atoms with E-state index < -0.39 is 0 Å². The normalized spacial score (nSPS) is 20.2. The highest BCUT2D eigenvalue weighted by Crippen LogP contribution is 2.37. The lowest BCUT2D eigenvalue weighted by Crippen LogP contribution is -2.45. The van der Waals surface area contributed by atoms with Gasteiger partial charge in [0.25, 0.3) is 11.5 Å². The van der Waals surface area contributed by atoms with Crippen molar-refractivity contribution >= 4 is 5.91 Å². The van der Waals surface area contributed by atoms with Crippen LogP contribution in [-0.2, 0) is 11.2 Å². The van der Waals surface area contributed by atoms with E-state index in [1.165, 1.54) is 12.4 Å². The van der Waals surface area contributed by atoms with Crippen molar-refractivity contribution in [2.75, 3.05) is 19.7 Å². The first-order valence-corrected chi connectivity index (χ1v) is 8.95. The molecule has 1 amide bonds. The Hall–Kier alpha value is -2.61. The molecule has 1 saturated heterocycles. The number of carbonyl (C=O) groups excluding carboxylic acids is 1. The van der Waals surface area contributed by atoms with Crippen molar-refractivity contribution < 1.29 is 9.53 Å². The number of aromatic amines is 1. The van der Waals surface area contributed by atoms with Crippen LogP contribution in [0.5, 0.6) is 0 Å². The summed E-state index contributed by atoms with van der Waals surface area (Å²) in [5.41, 5.74) is 1.09. The highest BCUT2D eigenvalue weighted by molar-refractivity contribution is 5.93. The van der Waals surface area contributed by atoms with Crippen molar-refractivity contribution in [2.45, 2.75) is 37.7 Å². The molecule has 1 N–H and O–H groups in total. The zero-order valence-corrected chi connectivity index (χ0v) is 14.4. The van der Waals surface area contributed by atoms with Gasteiger partial charge in [0.1, 0.15) is 5.82 Å². The first-order chi connectivity index (χ1) is 12.7. The lowest BCUT2D eigenvalue weighted by Gasteiger charge is -2.33. The molecule has 2 aromatic heterocycles. The highest BCUT2D eigenvalue weighted by Gasteiger charge is 2.28. The summed E-state index contributed by atoms with van der Waals surface area (Å²) in [7, 11) is 0. The van der Waals surface area contributed by atoms with Crippen LogP contribution in [0, 0.1) is 0 Å². The summed E-state index contributed by atoms with van der Waals surface area (Å²) in [6.45, 7) is 1.58. The van der Waals surface area contributed by atoms with E-state index in [0.717, 1.165) is 24.4 Å². The van der Waals surface area contributed by atoms with Gasteiger partial charge in [-0.2, -0.15) is 0 Å². The van der Waals surface area contributed by atoms with E-state index in [4.69, 9.17) is 4.74 Å². The Bertz CT molecular complexity index is 831. The van der Waals surface area contributed by atoms with Gasteiger partial charge in [-0.1, -0.05) is 0 Å². The Morgan fingerprint density at radius 2 is 2.08 bits per heavy atom. The predicted molar refractivity (Wildman–Crippen MR) is 92.8 cm³/mol. The number of hydrogen-bond acceptors (Lipinski definition) is 6. The molecule has 136 valence electrons. The summed E-state index contributed by atoms with van der Waals surface area (Å²) >= 11 is 0. The first-order valence-electron chi connectivity index (χ1n) is 8.95. The molecule has 1 atom stereocenters. The van der Waals surface area contributed by atoms with Crippen molar-refractivity contribution in [3.05, 3.63) is 52.2 Å². The summed E-state index contributed by atoms with van der Waals surface area (Å²) in [5, 5.41) is 0. The molecule has 8 nitrogen and oxygen atoms in total. The van der Waals surface area contributed by atoms with Crippen LogP contribution >= 0.6 is 0 Å². The zero-order valence-electron chi connectivity index (χ0n) is 14.4. The molecule has 0 unspecified atom stereocenters. The Kier molecular flexibility index (Phi) is 4.75. The van der Waals surface area contributed by atoms with Gasteiger partial charge >= 0.3 is 0 Å². The van der Waals surface area contributed by atoms with E-state index in [9.17, 15) is 9.59 Å². The largest absolute Gasteiger partial charge is 0.375 e. The van der Waals surface area contributed by atoms with Crippen molar-refractivity contribution in [3.63, 3.8) is 0 Å². The predicted octanol–water partition coefficient (Wildman–Crippen LogP) is 0.911. The quantitative estimate of drug-likeness (QED) is 0.855. The van der Waals surface area contributed by atoms with Gasteiger partial charge in [-0.15, -0.1) is 0 Å². The number of aromatic nitrogens is 4. The fourth-order valence-electron chi connectivity index (χ4n) is 3.12. The van der Waals surface area contributed by atoms with Crippen LogP contribution in [-0.4, -0.2) is 56.5 Å². The molecular formula is C18H21N5O3. The lowest BCUT2D eigenvalue weighted by atomic mass is 10.1. The van der Waals surface area contributed by atoms with E-state index in [1.807, 2.05) is 0 Å². The lowest BCUT2D eigenvalue weighted by molar-refractivity contribution is -0.0247. The molecule has 3 heterocycles. The van der Waals surface area contributed by atoms with Crippen LogP contribution < -0.4 is 5.56 Å². The van der Waals surface area contributed by atoms with Gasteiger partial charge in [-0.25, -0.2) is 15.0 Å². The number of morpholine rings is 1. The summed E-state index contributed by atoms with van der Waals surface area (Å²) < 4.78 is 5.77. The second-order valence-corrected chi connectivity index (χ2v) is 6.79. The maximum atomic E-state index is 12.7. The number of H-pyrrole nitrogens is 1. The minimum atomic E-state index is -0.161. The minimum absolute atomic E-state index is 0.0603. The number of hydrogen-bond donors (Lipinski definition) is 1. The SMILES string of the molecule is O=C(c1cnc(C2CC2)nc1)N1CCO[C@@H](CCc2cc(=O)[nH]cn2)C1. The molecular weight excluding hydrogens is 334 g/mol. The molecule has 2 aliphatic rings. The van der Waals surface area contributed by atoms with Crippen molar-refractivity contribution in [3.8, 4) is 0 Å². The van der Waals surface area contributed by atoms with Gasteiger partial charge < -0.3 is 14.6 Å². The highest BCUT2D eigenvalue weighted by atomic mass is 16.5. The van der Waals surface area contributed by atoms with E-state index in [-0.39, 0.29) is 17.6 Å². The first kappa shape index (κ1) is 16.8. The number of amides is 1. The Morgan fingerprint density at radius 3 is 2.81 bits per heavy atom. The van der Waals surface area contributed by atoms with Crippen LogP contribution in [0.2, 0.25) is 0 Å². The third kappa shape index (κ3) is 3.96. The van der Waals surface area contributed by atoms with Crippen molar-refractivity contribution in [2.24, 2.45) is 0 Å². The van der Waals surface area contributed by atoms with Crippen LogP contribution in [0.15, 0.2) is 29.6 Å². The van der Waals surface area contributed by atoms with E-state index in [0.29, 0.717) is 44.0 Å². The van der Waals surface area contributed by atoms with Crippen LogP contribution in [0.4, 0.5) is 0 Å². The molecule has 1 aliphatic heterocycles. The zero-order chi connectivity index (χ0) is 17.9. The molecule has 0 bridgehead atoms. The third-order valence-corrected chi connectivity index (χ3v) is 4.74. The molecule has 2 fully saturated rings. The van der Waals surface area contributed by atoms with Gasteiger partial charge in [0.2, 0.25) is 0 Å². The molecule has 4 rings (SSSR count). The maximum Gasteiger partial charge on any atom is 0.257 e. The fourth-order valence-corrected chi connectivity index (χ4v) is 3.12. The number of nitrogens with zero attached hydrogens (tertiary/aromatic N) is 4. The van der Waals surface area contributed by atoms with Gasteiger partial charge in [0.05, 0.1) is 24.6 Å².